The smallest absolute Gasteiger partial charge is 0.349 e. The zero-order valence-corrected chi connectivity index (χ0v) is 25.4. The molecule has 41 heavy (non-hydrogen) atoms. The molecule has 0 radical (unpaired) electrons. The molecule has 0 bridgehead atoms. The van der Waals surface area contributed by atoms with Crippen molar-refractivity contribution in [3.8, 4) is 0 Å². The van der Waals surface area contributed by atoms with E-state index in [0.717, 1.165) is 81.8 Å². The van der Waals surface area contributed by atoms with E-state index < -0.39 is 11.6 Å². The lowest BCUT2D eigenvalue weighted by atomic mass is 9.91. The fourth-order valence-electron chi connectivity index (χ4n) is 6.49. The van der Waals surface area contributed by atoms with Gasteiger partial charge in [-0.05, 0) is 106 Å². The highest BCUT2D eigenvalue weighted by Crippen LogP contribution is 2.40. The molecule has 1 saturated carbocycles. The molecular formula is C31H34ClN3O4S2. The second-order valence-corrected chi connectivity index (χ2v) is 13.8. The lowest BCUT2D eigenvalue weighted by Gasteiger charge is -2.35. The van der Waals surface area contributed by atoms with Gasteiger partial charge >= 0.3 is 5.97 Å². The molecule has 0 spiro atoms. The molecule has 10 heteroatoms. The molecule has 6 rings (SSSR count). The molecule has 1 atom stereocenters. The zero-order valence-electron chi connectivity index (χ0n) is 23.1. The third-order valence-electron chi connectivity index (χ3n) is 8.69. The number of esters is 1. The molecule has 0 aliphatic heterocycles. The molecule has 3 heterocycles. The maximum atomic E-state index is 13.4. The lowest BCUT2D eigenvalue weighted by molar-refractivity contribution is -0.169. The van der Waals surface area contributed by atoms with Crippen molar-refractivity contribution >= 4 is 57.6 Å². The van der Waals surface area contributed by atoms with E-state index in [-0.39, 0.29) is 6.10 Å². The van der Waals surface area contributed by atoms with E-state index >= 15 is 0 Å². The number of ether oxygens (including phenoxy) is 1. The van der Waals surface area contributed by atoms with E-state index in [1.807, 2.05) is 23.8 Å². The summed E-state index contributed by atoms with van der Waals surface area (Å²) in [4.78, 5) is 33.0. The number of aldehydes is 1. The van der Waals surface area contributed by atoms with E-state index in [1.54, 1.807) is 18.2 Å². The number of fused-ring (bicyclic) bond motifs is 3. The number of hydrogen-bond acceptors (Lipinski definition) is 8. The van der Waals surface area contributed by atoms with Crippen LogP contribution in [0.4, 0.5) is 0 Å². The number of carbonyl (C=O) groups is 2. The van der Waals surface area contributed by atoms with Crippen LogP contribution in [0.15, 0.2) is 42.0 Å². The maximum Gasteiger partial charge on any atom is 0.349 e. The van der Waals surface area contributed by atoms with Crippen molar-refractivity contribution in [3.05, 3.63) is 72.8 Å². The minimum absolute atomic E-state index is 0.218. The molecule has 1 aromatic carbocycles. The number of aryl methyl sites for hydroxylation is 2. The van der Waals surface area contributed by atoms with Crippen molar-refractivity contribution in [1.29, 1.82) is 0 Å². The molecule has 2 aliphatic rings. The number of hydrogen-bond donors (Lipinski definition) is 1. The predicted octanol–water partition coefficient (Wildman–Crippen LogP) is 6.23. The van der Waals surface area contributed by atoms with Crippen LogP contribution in [-0.4, -0.2) is 57.6 Å². The predicted molar refractivity (Wildman–Crippen MR) is 163 cm³/mol. The van der Waals surface area contributed by atoms with Gasteiger partial charge in [-0.2, -0.15) is 0 Å². The molecule has 0 saturated heterocycles. The number of benzene rings is 1. The Balaban J connectivity index is 1.03. The van der Waals surface area contributed by atoms with Crippen LogP contribution in [0.5, 0.6) is 0 Å². The summed E-state index contributed by atoms with van der Waals surface area (Å²) < 4.78 is 8.70. The summed E-state index contributed by atoms with van der Waals surface area (Å²) in [5.41, 5.74) is 3.57. The van der Waals surface area contributed by atoms with Gasteiger partial charge < -0.3 is 19.3 Å². The Kier molecular flexibility index (Phi) is 8.34. The average Bonchev–Trinajstić information content (AvgIpc) is 3.79. The van der Waals surface area contributed by atoms with Crippen LogP contribution in [-0.2, 0) is 34.5 Å². The first-order chi connectivity index (χ1) is 19.9. The highest BCUT2D eigenvalue weighted by Gasteiger charge is 2.45. The van der Waals surface area contributed by atoms with Crippen LogP contribution in [0.3, 0.4) is 0 Å². The van der Waals surface area contributed by atoms with Crippen LogP contribution < -0.4 is 0 Å². The van der Waals surface area contributed by atoms with Crippen molar-refractivity contribution in [2.45, 2.75) is 75.7 Å². The van der Waals surface area contributed by atoms with E-state index in [9.17, 15) is 14.7 Å². The number of nitrogens with zero attached hydrogens (tertiary/aromatic N) is 3. The van der Waals surface area contributed by atoms with Gasteiger partial charge in [0.25, 0.3) is 0 Å². The summed E-state index contributed by atoms with van der Waals surface area (Å²) in [5, 5.41) is 13.4. The standard InChI is InChI=1S/C31H34ClN3O4S2/c1-34(14-4-15-35-19-33-25-17-20(18-36)23-5-2-6-24(23)29(25)35)21-8-10-22(11-9-21)39-30(37)31(38,26-7-3-16-40-26)27-12-13-28(32)41-27/h3,7,12-13,16-19,21-22,38H,2,4-6,8-11,14-15H2,1H3/t21?,22?,31-/m1/s1. The quantitative estimate of drug-likeness (QED) is 0.169. The number of rotatable bonds is 10. The average molecular weight is 612 g/mol. The summed E-state index contributed by atoms with van der Waals surface area (Å²) in [7, 11) is 2.17. The van der Waals surface area contributed by atoms with Crippen molar-refractivity contribution in [2.24, 2.45) is 0 Å². The first kappa shape index (κ1) is 28.6. The molecule has 1 N–H and O–H groups in total. The Morgan fingerprint density at radius 1 is 1.22 bits per heavy atom. The monoisotopic (exact) mass is 611 g/mol. The highest BCUT2D eigenvalue weighted by atomic mass is 35.5. The summed E-state index contributed by atoms with van der Waals surface area (Å²) in [5.74, 6) is -0.630. The molecule has 0 unspecified atom stereocenters. The Hall–Kier alpha value is -2.56. The molecule has 1 fully saturated rings. The van der Waals surface area contributed by atoms with Gasteiger partial charge in [0.05, 0.1) is 31.5 Å². The number of halogens is 1. The van der Waals surface area contributed by atoms with Crippen LogP contribution in [0.1, 0.15) is 69.8 Å². The third-order valence-corrected chi connectivity index (χ3v) is 11.0. The molecule has 0 amide bonds. The topological polar surface area (TPSA) is 84.7 Å². The summed E-state index contributed by atoms with van der Waals surface area (Å²) in [6.45, 7) is 1.84. The maximum absolute atomic E-state index is 13.4. The Morgan fingerprint density at radius 2 is 2.02 bits per heavy atom. The first-order valence-electron chi connectivity index (χ1n) is 14.3. The largest absolute Gasteiger partial charge is 0.460 e. The van der Waals surface area contributed by atoms with Gasteiger partial charge in [0.1, 0.15) is 12.4 Å². The first-order valence-corrected chi connectivity index (χ1v) is 16.3. The minimum Gasteiger partial charge on any atom is -0.460 e. The summed E-state index contributed by atoms with van der Waals surface area (Å²) >= 11 is 8.66. The van der Waals surface area contributed by atoms with Gasteiger partial charge in [-0.3, -0.25) is 4.79 Å². The van der Waals surface area contributed by atoms with Gasteiger partial charge in [0, 0.05) is 18.2 Å². The molecular weight excluding hydrogens is 578 g/mol. The van der Waals surface area contributed by atoms with Crippen molar-refractivity contribution in [2.75, 3.05) is 13.6 Å². The Labute approximate surface area is 252 Å². The summed E-state index contributed by atoms with van der Waals surface area (Å²) in [6.07, 6.45) is 10.2. The van der Waals surface area contributed by atoms with Crippen molar-refractivity contribution in [3.63, 3.8) is 0 Å². The number of aliphatic hydroxyl groups is 1. The van der Waals surface area contributed by atoms with Gasteiger partial charge in [-0.1, -0.05) is 17.7 Å². The molecule has 2 aliphatic carbocycles. The Morgan fingerprint density at radius 3 is 2.73 bits per heavy atom. The van der Waals surface area contributed by atoms with Gasteiger partial charge in [-0.25, -0.2) is 9.78 Å². The minimum atomic E-state index is -1.84. The second-order valence-electron chi connectivity index (χ2n) is 11.2. The zero-order chi connectivity index (χ0) is 28.6. The normalized spacial score (nSPS) is 20.3. The molecule has 216 valence electrons. The van der Waals surface area contributed by atoms with Gasteiger partial charge in [-0.15, -0.1) is 22.7 Å². The number of carbonyl (C=O) groups excluding carboxylic acids is 2. The van der Waals surface area contributed by atoms with Crippen LogP contribution >= 0.6 is 34.3 Å². The number of thiophene rings is 2. The third kappa shape index (κ3) is 5.50. The van der Waals surface area contributed by atoms with E-state index in [2.05, 4.69) is 21.5 Å². The van der Waals surface area contributed by atoms with Crippen LogP contribution in [0.2, 0.25) is 4.34 Å². The summed E-state index contributed by atoms with van der Waals surface area (Å²) in [6, 6.07) is 9.34. The Bertz CT molecular complexity index is 1540. The lowest BCUT2D eigenvalue weighted by Crippen LogP contribution is -2.42. The van der Waals surface area contributed by atoms with E-state index in [0.29, 0.717) is 20.1 Å². The van der Waals surface area contributed by atoms with Crippen molar-refractivity contribution < 1.29 is 19.4 Å². The fraction of sp³-hybridized carbons (Fsp3) is 0.452. The van der Waals surface area contributed by atoms with Crippen molar-refractivity contribution in [1.82, 2.24) is 14.5 Å². The van der Waals surface area contributed by atoms with Gasteiger partial charge in [0.15, 0.2) is 0 Å². The number of imidazole rings is 1. The fourth-order valence-corrected chi connectivity index (χ4v) is 8.52. The van der Waals surface area contributed by atoms with E-state index in [4.69, 9.17) is 16.3 Å². The molecule has 7 nitrogen and oxygen atoms in total. The second kappa shape index (κ2) is 12.0. The molecule has 4 aromatic rings. The van der Waals surface area contributed by atoms with Gasteiger partial charge in [0.2, 0.25) is 5.60 Å². The SMILES string of the molecule is CN(CCCn1cnc2cc(C=O)c3c(c21)CCC3)C1CCC(OC(=O)[C@@](O)(c2cccs2)c2ccc(Cl)s2)CC1. The van der Waals surface area contributed by atoms with Crippen LogP contribution in [0, 0.1) is 0 Å². The van der Waals surface area contributed by atoms with Crippen LogP contribution in [0.25, 0.3) is 11.0 Å². The highest BCUT2D eigenvalue weighted by molar-refractivity contribution is 7.16. The van der Waals surface area contributed by atoms with E-state index in [1.165, 1.54) is 39.3 Å². The number of aromatic nitrogens is 2. The molecule has 3 aromatic heterocycles.